The molecule has 0 saturated carbocycles. The van der Waals surface area contributed by atoms with E-state index in [1.807, 2.05) is 19.9 Å². The van der Waals surface area contributed by atoms with E-state index in [1.54, 1.807) is 17.0 Å². The molecular weight excluding hydrogens is 228 g/mol. The molecule has 1 aromatic carbocycles. The summed E-state index contributed by atoms with van der Waals surface area (Å²) in [5.41, 5.74) is 8.08. The van der Waals surface area contributed by atoms with Gasteiger partial charge in [0, 0.05) is 18.3 Å². The van der Waals surface area contributed by atoms with Crippen molar-refractivity contribution in [3.8, 4) is 5.75 Å². The zero-order chi connectivity index (χ0) is 13.3. The molecule has 0 spiro atoms. The second-order valence-corrected chi connectivity index (χ2v) is 4.62. The third-order valence-corrected chi connectivity index (χ3v) is 2.88. The van der Waals surface area contributed by atoms with E-state index in [0.717, 1.165) is 11.3 Å². The van der Waals surface area contributed by atoms with Crippen LogP contribution in [0.5, 0.6) is 5.75 Å². The van der Waals surface area contributed by atoms with Gasteiger partial charge in [0.05, 0.1) is 5.69 Å². The normalized spacial score (nSPS) is 18.2. The molecule has 1 heterocycles. The Hall–Kier alpha value is -1.97. The molecule has 4 nitrogen and oxygen atoms in total. The van der Waals surface area contributed by atoms with Crippen LogP contribution in [0.15, 0.2) is 30.4 Å². The van der Waals surface area contributed by atoms with E-state index in [0.29, 0.717) is 24.4 Å². The van der Waals surface area contributed by atoms with Crippen LogP contribution < -0.4 is 15.4 Å². The number of nitrogen functional groups attached to an aromatic ring is 1. The summed E-state index contributed by atoms with van der Waals surface area (Å²) in [6.07, 6.45) is 0.207. The van der Waals surface area contributed by atoms with E-state index in [2.05, 4.69) is 6.58 Å². The fourth-order valence-corrected chi connectivity index (χ4v) is 2.04. The topological polar surface area (TPSA) is 55.6 Å². The Morgan fingerprint density at radius 1 is 1.56 bits per heavy atom. The van der Waals surface area contributed by atoms with Crippen LogP contribution in [0.2, 0.25) is 0 Å². The molecule has 0 saturated heterocycles. The molecule has 1 aromatic rings. The predicted octanol–water partition coefficient (Wildman–Crippen LogP) is 2.35. The molecule has 96 valence electrons. The summed E-state index contributed by atoms with van der Waals surface area (Å²) in [4.78, 5) is 14.0. The number of anilines is 2. The van der Waals surface area contributed by atoms with Crippen molar-refractivity contribution in [2.24, 2.45) is 0 Å². The molecule has 18 heavy (non-hydrogen) atoms. The van der Waals surface area contributed by atoms with Gasteiger partial charge in [0.2, 0.25) is 0 Å². The highest BCUT2D eigenvalue weighted by Crippen LogP contribution is 2.36. The molecule has 1 aliphatic heterocycles. The van der Waals surface area contributed by atoms with Crippen LogP contribution in [0.4, 0.5) is 11.4 Å². The zero-order valence-electron chi connectivity index (χ0n) is 10.8. The maximum absolute atomic E-state index is 12.3. The molecular formula is C14H18N2O2. The number of ether oxygens (including phenoxy) is 1. The van der Waals surface area contributed by atoms with E-state index < -0.39 is 6.10 Å². The number of nitrogens with zero attached hydrogens (tertiary/aromatic N) is 1. The number of nitrogens with two attached hydrogens (primary N) is 1. The van der Waals surface area contributed by atoms with Gasteiger partial charge in [-0.15, -0.1) is 0 Å². The van der Waals surface area contributed by atoms with Gasteiger partial charge < -0.3 is 15.4 Å². The molecule has 4 heteroatoms. The molecule has 0 bridgehead atoms. The minimum atomic E-state index is -0.432. The molecule has 1 atom stereocenters. The van der Waals surface area contributed by atoms with Crippen LogP contribution >= 0.6 is 0 Å². The van der Waals surface area contributed by atoms with Crippen molar-refractivity contribution in [2.75, 3.05) is 17.2 Å². The minimum Gasteiger partial charge on any atom is -0.478 e. The quantitative estimate of drug-likeness (QED) is 0.658. The van der Waals surface area contributed by atoms with Crippen LogP contribution in [0.3, 0.4) is 0 Å². The Morgan fingerprint density at radius 3 is 2.89 bits per heavy atom. The van der Waals surface area contributed by atoms with Crippen LogP contribution in [0.1, 0.15) is 20.3 Å². The van der Waals surface area contributed by atoms with Crippen LogP contribution in [-0.4, -0.2) is 18.6 Å². The van der Waals surface area contributed by atoms with Crippen molar-refractivity contribution in [3.05, 3.63) is 30.4 Å². The lowest BCUT2D eigenvalue weighted by molar-refractivity contribution is -0.126. The molecule has 2 N–H and O–H groups in total. The highest BCUT2D eigenvalue weighted by atomic mass is 16.5. The van der Waals surface area contributed by atoms with E-state index in [9.17, 15) is 4.79 Å². The Kier molecular flexibility index (Phi) is 3.28. The van der Waals surface area contributed by atoms with Gasteiger partial charge in [0.25, 0.3) is 5.91 Å². The summed E-state index contributed by atoms with van der Waals surface area (Å²) in [6, 6.07) is 5.35. The number of carbonyl (C=O) groups excluding carboxylic acids is 1. The van der Waals surface area contributed by atoms with Gasteiger partial charge in [0.15, 0.2) is 6.10 Å². The van der Waals surface area contributed by atoms with Crippen molar-refractivity contribution in [1.82, 2.24) is 0 Å². The molecule has 1 aliphatic rings. The molecule has 0 aliphatic carbocycles. The van der Waals surface area contributed by atoms with E-state index in [1.165, 1.54) is 0 Å². The van der Waals surface area contributed by atoms with E-state index >= 15 is 0 Å². The van der Waals surface area contributed by atoms with Gasteiger partial charge >= 0.3 is 0 Å². The van der Waals surface area contributed by atoms with E-state index in [4.69, 9.17) is 10.5 Å². The highest BCUT2D eigenvalue weighted by Gasteiger charge is 2.33. The molecule has 0 fully saturated rings. The van der Waals surface area contributed by atoms with Crippen LogP contribution in [0, 0.1) is 0 Å². The number of benzene rings is 1. The summed E-state index contributed by atoms with van der Waals surface area (Å²) in [5, 5.41) is 0. The second-order valence-electron chi connectivity index (χ2n) is 4.62. The third kappa shape index (κ3) is 2.18. The largest absolute Gasteiger partial charge is 0.478 e. The maximum Gasteiger partial charge on any atom is 0.268 e. The Balaban J connectivity index is 2.44. The van der Waals surface area contributed by atoms with Crippen molar-refractivity contribution in [3.63, 3.8) is 0 Å². The number of hydrogen-bond donors (Lipinski definition) is 1. The van der Waals surface area contributed by atoms with Gasteiger partial charge in [-0.2, -0.15) is 0 Å². The fourth-order valence-electron chi connectivity index (χ4n) is 2.04. The van der Waals surface area contributed by atoms with Gasteiger partial charge in [-0.05, 0) is 25.5 Å². The number of amides is 1. The average molecular weight is 246 g/mol. The number of hydrogen-bond acceptors (Lipinski definition) is 3. The lowest BCUT2D eigenvalue weighted by atomic mass is 10.1. The van der Waals surface area contributed by atoms with Gasteiger partial charge in [-0.25, -0.2) is 0 Å². The fraction of sp³-hybridized carbons (Fsp3) is 0.357. The monoisotopic (exact) mass is 246 g/mol. The Bertz CT molecular complexity index is 497. The SMILES string of the molecule is C=C(C)CN1C(=O)C(CC)Oc2cc(N)ccc21. The number of fused-ring (bicyclic) bond motifs is 1. The molecule has 0 radical (unpaired) electrons. The first kappa shape index (κ1) is 12.5. The molecule has 1 unspecified atom stereocenters. The summed E-state index contributed by atoms with van der Waals surface area (Å²) in [6.45, 7) is 8.21. The summed E-state index contributed by atoms with van der Waals surface area (Å²) in [7, 11) is 0. The minimum absolute atomic E-state index is 0.0160. The van der Waals surface area contributed by atoms with Crippen molar-refractivity contribution >= 4 is 17.3 Å². The lowest BCUT2D eigenvalue weighted by Gasteiger charge is -2.34. The second kappa shape index (κ2) is 4.72. The molecule has 0 aromatic heterocycles. The maximum atomic E-state index is 12.3. The van der Waals surface area contributed by atoms with E-state index in [-0.39, 0.29) is 5.91 Å². The first-order chi connectivity index (χ1) is 8.52. The summed E-state index contributed by atoms with van der Waals surface area (Å²) < 4.78 is 5.69. The van der Waals surface area contributed by atoms with Gasteiger partial charge in [-0.1, -0.05) is 19.1 Å². The molecule has 2 rings (SSSR count). The predicted molar refractivity (Wildman–Crippen MR) is 72.7 cm³/mol. The van der Waals surface area contributed by atoms with Gasteiger partial charge in [0.1, 0.15) is 5.75 Å². The van der Waals surface area contributed by atoms with Crippen LogP contribution in [-0.2, 0) is 4.79 Å². The van der Waals surface area contributed by atoms with Gasteiger partial charge in [-0.3, -0.25) is 4.79 Å². The summed E-state index contributed by atoms with van der Waals surface area (Å²) >= 11 is 0. The van der Waals surface area contributed by atoms with Crippen molar-refractivity contribution < 1.29 is 9.53 Å². The first-order valence-electron chi connectivity index (χ1n) is 6.05. The first-order valence-corrected chi connectivity index (χ1v) is 6.05. The lowest BCUT2D eigenvalue weighted by Crippen LogP contribution is -2.46. The molecule has 1 amide bonds. The number of rotatable bonds is 3. The third-order valence-electron chi connectivity index (χ3n) is 2.88. The Morgan fingerprint density at radius 2 is 2.28 bits per heavy atom. The average Bonchev–Trinajstić information content (AvgIpc) is 2.31. The number of carbonyl (C=O) groups is 1. The van der Waals surface area contributed by atoms with Crippen molar-refractivity contribution in [2.45, 2.75) is 26.4 Å². The summed E-state index contributed by atoms with van der Waals surface area (Å²) in [5.74, 6) is 0.653. The smallest absolute Gasteiger partial charge is 0.268 e. The Labute approximate surface area is 107 Å². The van der Waals surface area contributed by atoms with Crippen LogP contribution in [0.25, 0.3) is 0 Å². The highest BCUT2D eigenvalue weighted by molar-refractivity contribution is 6.00. The zero-order valence-corrected chi connectivity index (χ0v) is 10.8. The van der Waals surface area contributed by atoms with Crippen molar-refractivity contribution in [1.29, 1.82) is 0 Å². The standard InChI is InChI=1S/C14H18N2O2/c1-4-12-14(17)16(8-9(2)3)11-6-5-10(15)7-13(11)18-12/h5-7,12H,2,4,8,15H2,1,3H3.